The summed E-state index contributed by atoms with van der Waals surface area (Å²) in [6.45, 7) is 8.14. The largest absolute Gasteiger partial charge is 0.0912 e. The Balaban J connectivity index is 1.93. The molecule has 0 unspecified atom stereocenters. The third-order valence-electron chi connectivity index (χ3n) is 4.93. The zero-order chi connectivity index (χ0) is 16.3. The van der Waals surface area contributed by atoms with Gasteiger partial charge in [-0.15, -0.1) is 0 Å². The van der Waals surface area contributed by atoms with E-state index < -0.39 is 0 Å². The van der Waals surface area contributed by atoms with Gasteiger partial charge in [0.05, 0.1) is 0 Å². The van der Waals surface area contributed by atoms with Gasteiger partial charge in [-0.2, -0.15) is 0 Å². The minimum Gasteiger partial charge on any atom is -0.0912 e. The molecule has 0 saturated heterocycles. The van der Waals surface area contributed by atoms with Crippen LogP contribution in [0.15, 0.2) is 72.8 Å². The molecule has 0 radical (unpaired) electrons. The van der Waals surface area contributed by atoms with Crippen LogP contribution in [0.4, 0.5) is 0 Å². The Morgan fingerprint density at radius 1 is 0.375 bits per heavy atom. The molecule has 5 aromatic carbocycles. The minimum atomic E-state index is 0.994. The van der Waals surface area contributed by atoms with Crippen molar-refractivity contribution < 1.29 is 0 Å². The van der Waals surface area contributed by atoms with Crippen molar-refractivity contribution in [2.75, 3.05) is 0 Å². The van der Waals surface area contributed by atoms with E-state index in [0.717, 1.165) is 10.4 Å². The van der Waals surface area contributed by atoms with Gasteiger partial charge in [-0.25, -0.2) is 0 Å². The van der Waals surface area contributed by atoms with Gasteiger partial charge in [0, 0.05) is 0 Å². The molecule has 0 nitrogen and oxygen atoms in total. The molecule has 0 aliphatic rings. The fraction of sp³-hybridized carbons (Fsp3) is 0. The summed E-state index contributed by atoms with van der Waals surface area (Å²) in [7, 11) is 0. The Morgan fingerprint density at radius 3 is 1.04 bits per heavy atom. The summed E-state index contributed by atoms with van der Waals surface area (Å²) in [6, 6.07) is 26.4. The maximum atomic E-state index is 4.07. The number of fused-ring (bicyclic) bond motifs is 4. The highest BCUT2D eigenvalue weighted by atomic mass is 14.1. The molecule has 0 fully saturated rings. The molecule has 0 heteroatoms. The second kappa shape index (κ2) is 4.69. The van der Waals surface area contributed by atoms with Crippen molar-refractivity contribution in [3.63, 3.8) is 0 Å². The molecule has 112 valence electrons. The molecular weight excluding hydrogens is 288 g/mol. The van der Waals surface area contributed by atoms with Crippen molar-refractivity contribution in [2.24, 2.45) is 0 Å². The molecule has 5 rings (SSSR count). The van der Waals surface area contributed by atoms with E-state index in [1.54, 1.807) is 0 Å². The number of hydrogen-bond acceptors (Lipinski definition) is 0. The maximum Gasteiger partial charge on any atom is -0.0171 e. The fourth-order valence-corrected chi connectivity index (χ4v) is 3.59. The molecule has 0 bridgehead atoms. The van der Waals surface area contributed by atoms with Gasteiger partial charge >= 0.3 is 0 Å². The van der Waals surface area contributed by atoms with E-state index in [2.05, 4.69) is 86.0 Å². The lowest BCUT2D eigenvalue weighted by molar-refractivity contribution is 1.61. The van der Waals surface area contributed by atoms with E-state index in [1.165, 1.54) is 43.1 Å². The Labute approximate surface area is 140 Å². The Hall–Kier alpha value is -3.12. The van der Waals surface area contributed by atoms with Crippen LogP contribution in [0.3, 0.4) is 0 Å². The van der Waals surface area contributed by atoms with Crippen molar-refractivity contribution in [2.45, 2.75) is 0 Å². The monoisotopic (exact) mass is 304 g/mol. The summed E-state index contributed by atoms with van der Waals surface area (Å²) in [5.41, 5.74) is 0. The first-order chi connectivity index (χ1) is 11.7. The van der Waals surface area contributed by atoms with E-state index in [-0.39, 0.29) is 0 Å². The Morgan fingerprint density at radius 2 is 0.667 bits per heavy atom. The van der Waals surface area contributed by atoms with Crippen molar-refractivity contribution in [3.05, 3.63) is 83.2 Å². The molecule has 5 aromatic rings. The zero-order valence-corrected chi connectivity index (χ0v) is 13.3. The van der Waals surface area contributed by atoms with Gasteiger partial charge in [-0.1, -0.05) is 37.4 Å². The molecule has 24 heavy (non-hydrogen) atoms. The fourth-order valence-electron chi connectivity index (χ4n) is 3.59. The third kappa shape index (κ3) is 1.93. The lowest BCUT2D eigenvalue weighted by Crippen LogP contribution is -2.20. The van der Waals surface area contributed by atoms with E-state index in [4.69, 9.17) is 0 Å². The molecule has 0 atom stereocenters. The summed E-state index contributed by atoms with van der Waals surface area (Å²) in [4.78, 5) is 0. The van der Waals surface area contributed by atoms with Crippen molar-refractivity contribution in [3.8, 4) is 0 Å². The van der Waals surface area contributed by atoms with Gasteiger partial charge in [0.1, 0.15) is 0 Å². The topological polar surface area (TPSA) is 0 Å². The first-order valence-electron chi connectivity index (χ1n) is 8.15. The average molecular weight is 304 g/mol. The van der Waals surface area contributed by atoms with Crippen molar-refractivity contribution in [1.29, 1.82) is 0 Å². The van der Waals surface area contributed by atoms with Crippen LogP contribution in [0.1, 0.15) is 0 Å². The van der Waals surface area contributed by atoms with Gasteiger partial charge < -0.3 is 0 Å². The summed E-state index contributed by atoms with van der Waals surface area (Å²) >= 11 is 0. The summed E-state index contributed by atoms with van der Waals surface area (Å²) in [5, 5.41) is 12.1. The molecular formula is C24H16. The van der Waals surface area contributed by atoms with Crippen LogP contribution >= 0.6 is 0 Å². The molecule has 0 heterocycles. The number of rotatable bonds is 0. The predicted octanol–water partition coefficient (Wildman–Crippen LogP) is 5.12. The number of hydrogen-bond donors (Lipinski definition) is 0. The van der Waals surface area contributed by atoms with Gasteiger partial charge in [0.2, 0.25) is 0 Å². The predicted molar refractivity (Wildman–Crippen MR) is 107 cm³/mol. The first kappa shape index (κ1) is 13.3. The van der Waals surface area contributed by atoms with Gasteiger partial charge in [0.15, 0.2) is 0 Å². The molecule has 0 spiro atoms. The van der Waals surface area contributed by atoms with Crippen LogP contribution in [-0.2, 0) is 0 Å². The molecule has 0 aliphatic heterocycles. The van der Waals surface area contributed by atoms with Crippen LogP contribution in [0.2, 0.25) is 0 Å². The van der Waals surface area contributed by atoms with E-state index in [0.29, 0.717) is 0 Å². The maximum absolute atomic E-state index is 4.07. The Kier molecular flexibility index (Phi) is 2.60. The second-order valence-electron chi connectivity index (χ2n) is 6.57. The molecule has 0 aromatic heterocycles. The van der Waals surface area contributed by atoms with Gasteiger partial charge in [-0.05, 0) is 102 Å². The number of benzene rings is 5. The van der Waals surface area contributed by atoms with E-state index in [1.807, 2.05) is 0 Å². The van der Waals surface area contributed by atoms with Gasteiger partial charge in [-0.3, -0.25) is 0 Å². The standard InChI is InChI=1S/C24H16/c1-15-7-19-11-23-13-21-9-17-5-3-4-6-18(17)10-22(21)14-24(23)12-20(19)8-16(15)2/h3-14H,1-2H2. The van der Waals surface area contributed by atoms with Gasteiger partial charge in [0.25, 0.3) is 0 Å². The van der Waals surface area contributed by atoms with Crippen LogP contribution in [0, 0.1) is 0 Å². The molecule has 0 N–H and O–H groups in total. The van der Waals surface area contributed by atoms with Crippen LogP contribution in [0.25, 0.3) is 56.2 Å². The van der Waals surface area contributed by atoms with Crippen LogP contribution in [0.5, 0.6) is 0 Å². The van der Waals surface area contributed by atoms with Crippen molar-refractivity contribution in [1.82, 2.24) is 0 Å². The second-order valence-corrected chi connectivity index (χ2v) is 6.57. The minimum absolute atomic E-state index is 0.994. The summed E-state index contributed by atoms with van der Waals surface area (Å²) in [6.07, 6.45) is 0. The highest BCUT2D eigenvalue weighted by molar-refractivity contribution is 6.08. The summed E-state index contributed by atoms with van der Waals surface area (Å²) < 4.78 is 0. The smallest absolute Gasteiger partial charge is 0.0171 e. The van der Waals surface area contributed by atoms with Crippen LogP contribution < -0.4 is 10.4 Å². The normalized spacial score (nSPS) is 11.7. The SMILES string of the molecule is C=c1cc2cc3cc4cc5ccccc5cc4cc3cc2cc1=C. The highest BCUT2D eigenvalue weighted by Gasteiger charge is 2.03. The first-order valence-corrected chi connectivity index (χ1v) is 8.15. The molecule has 0 amide bonds. The average Bonchev–Trinajstić information content (AvgIpc) is 2.58. The Bertz CT molecular complexity index is 1270. The highest BCUT2D eigenvalue weighted by Crippen LogP contribution is 2.29. The van der Waals surface area contributed by atoms with Crippen LogP contribution in [-0.4, -0.2) is 0 Å². The molecule has 0 aliphatic carbocycles. The summed E-state index contributed by atoms with van der Waals surface area (Å²) in [5.74, 6) is 0. The zero-order valence-electron chi connectivity index (χ0n) is 13.3. The van der Waals surface area contributed by atoms with Crippen molar-refractivity contribution >= 4 is 56.2 Å². The van der Waals surface area contributed by atoms with E-state index in [9.17, 15) is 0 Å². The lowest BCUT2D eigenvalue weighted by Gasteiger charge is -2.07. The third-order valence-corrected chi connectivity index (χ3v) is 4.93. The quantitative estimate of drug-likeness (QED) is 0.348. The molecule has 0 saturated carbocycles. The lowest BCUT2D eigenvalue weighted by atomic mass is 9.97. The van der Waals surface area contributed by atoms with E-state index >= 15 is 0 Å².